The lowest BCUT2D eigenvalue weighted by Gasteiger charge is -2.60. The van der Waals surface area contributed by atoms with Gasteiger partial charge in [-0.05, 0) is 105 Å². The molecule has 0 aromatic rings. The van der Waals surface area contributed by atoms with Crippen molar-refractivity contribution in [2.24, 2.45) is 46.3 Å². The fourth-order valence-corrected chi connectivity index (χ4v) is 9.32. The summed E-state index contributed by atoms with van der Waals surface area (Å²) in [4.78, 5) is 37.2. The Bertz CT molecular complexity index is 814. The molecule has 0 bridgehead atoms. The first kappa shape index (κ1) is 26.6. The van der Waals surface area contributed by atoms with Crippen LogP contribution < -0.4 is 0 Å². The van der Waals surface area contributed by atoms with Gasteiger partial charge in [0, 0.05) is 12.3 Å². The number of carboxylic acids is 2. The Labute approximate surface area is 209 Å². The molecule has 4 aliphatic rings. The van der Waals surface area contributed by atoms with Gasteiger partial charge < -0.3 is 15.3 Å². The summed E-state index contributed by atoms with van der Waals surface area (Å²) in [6.07, 6.45) is 9.36. The molecule has 4 saturated carbocycles. The third kappa shape index (κ3) is 5.04. The van der Waals surface area contributed by atoms with Crippen molar-refractivity contribution in [1.29, 1.82) is 0 Å². The molecule has 0 radical (unpaired) electrons. The molecule has 35 heavy (non-hydrogen) atoms. The monoisotopic (exact) mass is 491 g/mol. The van der Waals surface area contributed by atoms with Crippen LogP contribution in [0.5, 0.6) is 0 Å². The van der Waals surface area contributed by atoms with Crippen LogP contribution >= 0.6 is 0 Å². The molecule has 3 N–H and O–H groups in total. The molecule has 9 atom stereocenters. The molecule has 7 nitrogen and oxygen atoms in total. The van der Waals surface area contributed by atoms with Crippen molar-refractivity contribution >= 4 is 17.7 Å². The van der Waals surface area contributed by atoms with Crippen LogP contribution in [0.15, 0.2) is 0 Å². The summed E-state index contributed by atoms with van der Waals surface area (Å²) in [5, 5.41) is 28.4. The van der Waals surface area contributed by atoms with Gasteiger partial charge in [-0.25, -0.2) is 0 Å². The number of rotatable bonds is 9. The number of carbonyl (C=O) groups is 3. The Balaban J connectivity index is 1.41. The van der Waals surface area contributed by atoms with E-state index in [0.717, 1.165) is 57.8 Å². The number of hydrogen-bond donors (Lipinski definition) is 3. The van der Waals surface area contributed by atoms with Gasteiger partial charge in [0.05, 0.1) is 19.2 Å². The summed E-state index contributed by atoms with van der Waals surface area (Å²) >= 11 is 0. The minimum atomic E-state index is -0.997. The number of aliphatic carboxylic acids is 2. The summed E-state index contributed by atoms with van der Waals surface area (Å²) in [7, 11) is 0. The van der Waals surface area contributed by atoms with E-state index in [9.17, 15) is 19.5 Å². The fraction of sp³-hybridized carbons (Fsp3) is 0.893. The molecule has 4 fully saturated rings. The standard InChI is InChI=1S/C28H45NO6/c1-17(5-4-12-29(15-24(32)33)16-25(34)35)20-6-7-21-26-22(9-11-28(20,21)3)27(2)10-8-19(30)13-18(27)14-23(26)31/h17-22,26,30H,4-16H2,1-3H3,(H,32,33)(H,34,35)/t17-,18+,19-,20-,21+,22+,26+,27+,28-/m1/s1. The Kier molecular flexibility index (Phi) is 7.69. The highest BCUT2D eigenvalue weighted by molar-refractivity contribution is 5.83. The summed E-state index contributed by atoms with van der Waals surface area (Å²) < 4.78 is 0. The van der Waals surface area contributed by atoms with Gasteiger partial charge in [0.1, 0.15) is 5.78 Å². The molecule has 0 aromatic heterocycles. The lowest BCUT2D eigenvalue weighted by Crippen LogP contribution is -2.57. The average molecular weight is 492 g/mol. The molecule has 7 heteroatoms. The van der Waals surface area contributed by atoms with Crippen molar-refractivity contribution in [2.45, 2.75) is 91.1 Å². The molecule has 0 spiro atoms. The second-order valence-corrected chi connectivity index (χ2v) is 12.9. The smallest absolute Gasteiger partial charge is 0.317 e. The Hall–Kier alpha value is -1.47. The van der Waals surface area contributed by atoms with Gasteiger partial charge in [0.25, 0.3) is 0 Å². The van der Waals surface area contributed by atoms with Crippen LogP contribution in [0.1, 0.15) is 85.0 Å². The van der Waals surface area contributed by atoms with Crippen molar-refractivity contribution in [1.82, 2.24) is 4.90 Å². The number of Topliss-reactive ketones (excluding diaryl/α,β-unsaturated/α-hetero) is 1. The normalized spacial score (nSPS) is 41.7. The third-order valence-corrected chi connectivity index (χ3v) is 11.1. The second-order valence-electron chi connectivity index (χ2n) is 12.9. The molecule has 0 aliphatic heterocycles. The van der Waals surface area contributed by atoms with Crippen LogP contribution in [0.2, 0.25) is 0 Å². The number of aliphatic hydroxyl groups is 1. The maximum atomic E-state index is 13.5. The number of ketones is 1. The van der Waals surface area contributed by atoms with Crippen LogP contribution in [0.3, 0.4) is 0 Å². The average Bonchev–Trinajstić information content (AvgIpc) is 3.11. The molecule has 198 valence electrons. The lowest BCUT2D eigenvalue weighted by molar-refractivity contribution is -0.160. The van der Waals surface area contributed by atoms with Crippen LogP contribution in [0.4, 0.5) is 0 Å². The zero-order valence-electron chi connectivity index (χ0n) is 21.7. The molecule has 0 amide bonds. The number of nitrogens with zero attached hydrogens (tertiary/aromatic N) is 1. The van der Waals surface area contributed by atoms with Crippen LogP contribution in [-0.4, -0.2) is 63.7 Å². The SMILES string of the molecule is C[C@H](CCCN(CC(=O)O)CC(=O)O)[C@H]1CC[C@H]2[C@@H]3C(=O)C[C@@H]4C[C@H](O)CC[C@]4(C)[C@H]3CC[C@]12C. The second kappa shape index (κ2) is 10.1. The lowest BCUT2D eigenvalue weighted by atomic mass is 9.44. The molecule has 0 aromatic carbocycles. The number of hydrogen-bond acceptors (Lipinski definition) is 5. The maximum Gasteiger partial charge on any atom is 0.317 e. The van der Waals surface area contributed by atoms with Gasteiger partial charge in [0.15, 0.2) is 0 Å². The number of aliphatic hydroxyl groups excluding tert-OH is 1. The van der Waals surface area contributed by atoms with Gasteiger partial charge in [0.2, 0.25) is 0 Å². The van der Waals surface area contributed by atoms with Gasteiger partial charge in [-0.2, -0.15) is 0 Å². The van der Waals surface area contributed by atoms with E-state index >= 15 is 0 Å². The van der Waals surface area contributed by atoms with Crippen molar-refractivity contribution in [2.75, 3.05) is 19.6 Å². The number of carboxylic acid groups (broad SMARTS) is 2. The largest absolute Gasteiger partial charge is 0.480 e. The number of carbonyl (C=O) groups excluding carboxylic acids is 1. The Morgan fingerprint density at radius 1 is 1.00 bits per heavy atom. The fourth-order valence-electron chi connectivity index (χ4n) is 9.32. The first-order valence-corrected chi connectivity index (χ1v) is 13.8. The molecule has 0 saturated heterocycles. The van der Waals surface area contributed by atoms with Crippen LogP contribution in [-0.2, 0) is 14.4 Å². The van der Waals surface area contributed by atoms with Crippen molar-refractivity contribution < 1.29 is 29.7 Å². The summed E-state index contributed by atoms with van der Waals surface area (Å²) in [6, 6.07) is 0. The van der Waals surface area contributed by atoms with E-state index in [1.165, 1.54) is 4.90 Å². The van der Waals surface area contributed by atoms with E-state index in [0.29, 0.717) is 48.3 Å². The first-order chi connectivity index (χ1) is 16.5. The summed E-state index contributed by atoms with van der Waals surface area (Å²) in [5.41, 5.74) is 0.343. The zero-order valence-corrected chi connectivity index (χ0v) is 21.7. The van der Waals surface area contributed by atoms with E-state index in [4.69, 9.17) is 10.2 Å². The van der Waals surface area contributed by atoms with E-state index in [1.807, 2.05) is 0 Å². The van der Waals surface area contributed by atoms with E-state index in [2.05, 4.69) is 20.8 Å². The highest BCUT2D eigenvalue weighted by Crippen LogP contribution is 2.67. The predicted octanol–water partition coefficient (Wildman–Crippen LogP) is 4.07. The molecular formula is C28H45NO6. The zero-order chi connectivity index (χ0) is 25.5. The van der Waals surface area contributed by atoms with Gasteiger partial charge in [-0.3, -0.25) is 19.3 Å². The Morgan fingerprint density at radius 2 is 1.63 bits per heavy atom. The minimum Gasteiger partial charge on any atom is -0.480 e. The van der Waals surface area contributed by atoms with E-state index in [1.54, 1.807) is 0 Å². The van der Waals surface area contributed by atoms with Crippen molar-refractivity contribution in [3.8, 4) is 0 Å². The highest BCUT2D eigenvalue weighted by Gasteiger charge is 2.62. The van der Waals surface area contributed by atoms with Crippen LogP contribution in [0, 0.1) is 46.3 Å². The molecule has 4 rings (SSSR count). The van der Waals surface area contributed by atoms with Gasteiger partial charge in [-0.1, -0.05) is 20.8 Å². The molecule has 0 heterocycles. The predicted molar refractivity (Wildman–Crippen MR) is 132 cm³/mol. The van der Waals surface area contributed by atoms with Gasteiger partial charge >= 0.3 is 11.9 Å². The molecule has 4 aliphatic carbocycles. The first-order valence-electron chi connectivity index (χ1n) is 13.8. The van der Waals surface area contributed by atoms with Crippen molar-refractivity contribution in [3.63, 3.8) is 0 Å². The number of fused-ring (bicyclic) bond motifs is 5. The minimum absolute atomic E-state index is 0.162. The topological polar surface area (TPSA) is 115 Å². The Morgan fingerprint density at radius 3 is 2.29 bits per heavy atom. The molecular weight excluding hydrogens is 446 g/mol. The summed E-state index contributed by atoms with van der Waals surface area (Å²) in [6.45, 7) is 7.12. The maximum absolute atomic E-state index is 13.5. The van der Waals surface area contributed by atoms with E-state index < -0.39 is 11.9 Å². The third-order valence-electron chi connectivity index (χ3n) is 11.1. The van der Waals surface area contributed by atoms with Crippen molar-refractivity contribution in [3.05, 3.63) is 0 Å². The quantitative estimate of drug-likeness (QED) is 0.445. The highest BCUT2D eigenvalue weighted by atomic mass is 16.4. The molecule has 0 unspecified atom stereocenters. The van der Waals surface area contributed by atoms with E-state index in [-0.39, 0.29) is 35.9 Å². The van der Waals surface area contributed by atoms with Gasteiger partial charge in [-0.15, -0.1) is 0 Å². The van der Waals surface area contributed by atoms with Crippen LogP contribution in [0.25, 0.3) is 0 Å². The summed E-state index contributed by atoms with van der Waals surface area (Å²) in [5.74, 6) is 0.871.